The molecule has 3 N–H and O–H groups in total. The van der Waals surface area contributed by atoms with Crippen LogP contribution in [0.2, 0.25) is 0 Å². The molecule has 1 amide bonds. The number of anilines is 2. The molecule has 2 heterocycles. The molecular weight excluding hydrogens is 492 g/mol. The van der Waals surface area contributed by atoms with Crippen LogP contribution in [0.3, 0.4) is 0 Å². The molecule has 4 aromatic rings. The summed E-state index contributed by atoms with van der Waals surface area (Å²) in [5.41, 5.74) is 7.28. The molecule has 5 rings (SSSR count). The maximum Gasteiger partial charge on any atom is 0.251 e. The van der Waals surface area contributed by atoms with E-state index in [9.17, 15) is 9.90 Å². The van der Waals surface area contributed by atoms with E-state index in [1.165, 1.54) is 16.5 Å². The molecule has 7 heteroatoms. The topological polar surface area (TPSA) is 69.5 Å². The standard InChI is InChI=1S/C31H36N4O2S/c1-4-35-20-23-14-15-38-34(3)27-17-24(18-28(35)30(23)27)31(37)33-26(16-22-8-6-5-7-9-22)29(36)19-32-25-12-10-21(2)11-13-25/h5-13,17-18,20,26,29,32,36H,4,14-16,19H2,1-3H3,(H,33,37)/t26-,29+/m0/s1. The first-order valence-corrected chi connectivity index (χ1v) is 14.2. The minimum absolute atomic E-state index is 0.175. The molecule has 6 nitrogen and oxygen atoms in total. The Kier molecular flexibility index (Phi) is 7.95. The Balaban J connectivity index is 1.41. The third-order valence-corrected chi connectivity index (χ3v) is 8.25. The van der Waals surface area contributed by atoms with Gasteiger partial charge in [-0.15, -0.1) is 0 Å². The number of aromatic nitrogens is 1. The summed E-state index contributed by atoms with van der Waals surface area (Å²) in [4.78, 5) is 13.7. The molecule has 0 saturated carbocycles. The Morgan fingerprint density at radius 1 is 1.11 bits per heavy atom. The lowest BCUT2D eigenvalue weighted by atomic mass is 9.99. The summed E-state index contributed by atoms with van der Waals surface area (Å²) in [6, 6.07) is 21.6. The summed E-state index contributed by atoms with van der Waals surface area (Å²) in [7, 11) is 2.07. The lowest BCUT2D eigenvalue weighted by molar-refractivity contribution is 0.0851. The van der Waals surface area contributed by atoms with Gasteiger partial charge in [-0.1, -0.05) is 48.0 Å². The highest BCUT2D eigenvalue weighted by Gasteiger charge is 2.25. The van der Waals surface area contributed by atoms with Crippen molar-refractivity contribution in [2.75, 3.05) is 29.0 Å². The lowest BCUT2D eigenvalue weighted by Crippen LogP contribution is -2.47. The van der Waals surface area contributed by atoms with Crippen molar-refractivity contribution in [2.24, 2.45) is 0 Å². The maximum atomic E-state index is 13.7. The Morgan fingerprint density at radius 2 is 1.87 bits per heavy atom. The van der Waals surface area contributed by atoms with E-state index in [2.05, 4.69) is 39.7 Å². The van der Waals surface area contributed by atoms with Crippen molar-refractivity contribution in [3.05, 3.63) is 95.2 Å². The largest absolute Gasteiger partial charge is 0.389 e. The van der Waals surface area contributed by atoms with Gasteiger partial charge in [0.15, 0.2) is 0 Å². The molecule has 0 spiro atoms. The molecule has 1 aliphatic heterocycles. The van der Waals surface area contributed by atoms with E-state index in [1.54, 1.807) is 11.9 Å². The van der Waals surface area contributed by atoms with E-state index in [1.807, 2.05) is 73.7 Å². The second-order valence-electron chi connectivity index (χ2n) is 9.99. The smallest absolute Gasteiger partial charge is 0.251 e. The van der Waals surface area contributed by atoms with Gasteiger partial charge in [0.1, 0.15) is 0 Å². The maximum absolute atomic E-state index is 13.7. The monoisotopic (exact) mass is 528 g/mol. The fraction of sp³-hybridized carbons (Fsp3) is 0.323. The van der Waals surface area contributed by atoms with Crippen LogP contribution in [0.5, 0.6) is 0 Å². The number of aliphatic hydroxyl groups excluding tert-OH is 1. The second kappa shape index (κ2) is 11.5. The van der Waals surface area contributed by atoms with Crippen LogP contribution >= 0.6 is 11.9 Å². The minimum atomic E-state index is -0.782. The normalized spacial score (nSPS) is 14.7. The molecule has 3 aromatic carbocycles. The number of aliphatic hydroxyl groups is 1. The third-order valence-electron chi connectivity index (χ3n) is 7.28. The van der Waals surface area contributed by atoms with Crippen molar-refractivity contribution in [1.29, 1.82) is 0 Å². The van der Waals surface area contributed by atoms with Gasteiger partial charge >= 0.3 is 0 Å². The van der Waals surface area contributed by atoms with E-state index in [0.717, 1.165) is 41.2 Å². The van der Waals surface area contributed by atoms with Crippen molar-refractivity contribution < 1.29 is 9.90 Å². The minimum Gasteiger partial charge on any atom is -0.389 e. The van der Waals surface area contributed by atoms with Crippen molar-refractivity contribution in [1.82, 2.24) is 9.88 Å². The summed E-state index contributed by atoms with van der Waals surface area (Å²) >= 11 is 1.78. The highest BCUT2D eigenvalue weighted by Crippen LogP contribution is 2.38. The van der Waals surface area contributed by atoms with Gasteiger partial charge in [-0.2, -0.15) is 0 Å². The van der Waals surface area contributed by atoms with Crippen LogP contribution < -0.4 is 14.9 Å². The number of amides is 1. The van der Waals surface area contributed by atoms with Crippen LogP contribution in [0.25, 0.3) is 10.9 Å². The summed E-state index contributed by atoms with van der Waals surface area (Å²) < 4.78 is 4.41. The van der Waals surface area contributed by atoms with Gasteiger partial charge in [-0.05, 0) is 74.0 Å². The quantitative estimate of drug-likeness (QED) is 0.253. The highest BCUT2D eigenvalue weighted by atomic mass is 32.2. The number of hydrogen-bond donors (Lipinski definition) is 3. The zero-order valence-electron chi connectivity index (χ0n) is 22.3. The zero-order valence-corrected chi connectivity index (χ0v) is 23.1. The summed E-state index contributed by atoms with van der Waals surface area (Å²) in [5.74, 6) is 0.834. The van der Waals surface area contributed by atoms with Crippen LogP contribution in [0, 0.1) is 6.92 Å². The average Bonchev–Trinajstić information content (AvgIpc) is 3.21. The summed E-state index contributed by atoms with van der Waals surface area (Å²) in [5, 5.41) is 19.0. The number of carbonyl (C=O) groups excluding carboxylic acids is 1. The molecule has 1 aromatic heterocycles. The van der Waals surface area contributed by atoms with Crippen LogP contribution in [0.4, 0.5) is 11.4 Å². The molecular formula is C31H36N4O2S. The predicted molar refractivity (Wildman–Crippen MR) is 159 cm³/mol. The van der Waals surface area contributed by atoms with Crippen LogP contribution in [0.1, 0.15) is 34.0 Å². The van der Waals surface area contributed by atoms with E-state index < -0.39 is 12.1 Å². The van der Waals surface area contributed by atoms with Gasteiger partial charge in [0.05, 0.1) is 23.3 Å². The van der Waals surface area contributed by atoms with Crippen molar-refractivity contribution in [3.8, 4) is 0 Å². The molecule has 0 aliphatic carbocycles. The second-order valence-corrected chi connectivity index (χ2v) is 11.2. The number of nitrogens with zero attached hydrogens (tertiary/aromatic N) is 2. The number of rotatable bonds is 9. The van der Waals surface area contributed by atoms with Gasteiger partial charge in [0.2, 0.25) is 0 Å². The number of benzene rings is 3. The number of nitrogens with one attached hydrogen (secondary N) is 2. The fourth-order valence-electron chi connectivity index (χ4n) is 5.12. The van der Waals surface area contributed by atoms with Crippen molar-refractivity contribution in [2.45, 2.75) is 45.4 Å². The Bertz CT molecular complexity index is 1400. The van der Waals surface area contributed by atoms with Crippen LogP contribution in [-0.4, -0.2) is 47.1 Å². The Morgan fingerprint density at radius 3 is 2.61 bits per heavy atom. The van der Waals surface area contributed by atoms with Crippen LogP contribution in [-0.2, 0) is 19.4 Å². The van der Waals surface area contributed by atoms with Gasteiger partial charge < -0.3 is 24.6 Å². The number of hydrogen-bond acceptors (Lipinski definition) is 5. The van der Waals surface area contributed by atoms with Gasteiger partial charge in [-0.3, -0.25) is 4.79 Å². The molecule has 198 valence electrons. The van der Waals surface area contributed by atoms with E-state index >= 15 is 0 Å². The van der Waals surface area contributed by atoms with Crippen molar-refractivity contribution >= 4 is 40.1 Å². The molecule has 0 fully saturated rings. The molecule has 0 bridgehead atoms. The van der Waals surface area contributed by atoms with Gasteiger partial charge in [-0.25, -0.2) is 0 Å². The first-order valence-electron chi connectivity index (χ1n) is 13.3. The molecule has 2 atom stereocenters. The number of carbonyl (C=O) groups is 1. The van der Waals surface area contributed by atoms with Gasteiger partial charge in [0.25, 0.3) is 5.91 Å². The van der Waals surface area contributed by atoms with Crippen molar-refractivity contribution in [3.63, 3.8) is 0 Å². The zero-order chi connectivity index (χ0) is 26.6. The summed E-state index contributed by atoms with van der Waals surface area (Å²) in [6.45, 7) is 5.35. The highest BCUT2D eigenvalue weighted by molar-refractivity contribution is 8.00. The SMILES string of the molecule is CCn1cc2c3c(cc(C(=O)N[C@@H](Cc4ccccc4)[C@H](O)CNc4ccc(C)cc4)cc31)N(C)SCC2. The van der Waals surface area contributed by atoms with Gasteiger partial charge in [0, 0.05) is 48.7 Å². The van der Waals surface area contributed by atoms with E-state index in [0.29, 0.717) is 18.5 Å². The van der Waals surface area contributed by atoms with E-state index in [4.69, 9.17) is 0 Å². The third kappa shape index (κ3) is 5.69. The molecule has 1 aliphatic rings. The summed E-state index contributed by atoms with van der Waals surface area (Å²) in [6.07, 6.45) is 2.99. The molecule has 0 unspecified atom stereocenters. The Hall–Kier alpha value is -3.42. The van der Waals surface area contributed by atoms with E-state index in [-0.39, 0.29) is 5.91 Å². The molecule has 0 radical (unpaired) electrons. The molecule has 0 saturated heterocycles. The molecule has 38 heavy (non-hydrogen) atoms. The first-order chi connectivity index (χ1) is 18.4. The average molecular weight is 529 g/mol. The first kappa shape index (κ1) is 26.2. The predicted octanol–water partition coefficient (Wildman–Crippen LogP) is 5.42. The fourth-order valence-corrected chi connectivity index (χ4v) is 5.99. The Labute approximate surface area is 229 Å². The number of aryl methyl sites for hydroxylation is 3. The van der Waals surface area contributed by atoms with Crippen LogP contribution in [0.15, 0.2) is 72.9 Å². The lowest BCUT2D eigenvalue weighted by Gasteiger charge is -2.26.